The largest absolute Gasteiger partial charge is 0.337 e. The van der Waals surface area contributed by atoms with Gasteiger partial charge < -0.3 is 4.90 Å². The molecule has 3 aromatic rings. The van der Waals surface area contributed by atoms with Crippen LogP contribution in [-0.2, 0) is 6.54 Å². The van der Waals surface area contributed by atoms with E-state index in [1.165, 1.54) is 23.5 Å². The Bertz CT molecular complexity index is 840. The predicted molar refractivity (Wildman–Crippen MR) is 88.8 cm³/mol. The zero-order valence-electron chi connectivity index (χ0n) is 12.5. The van der Waals surface area contributed by atoms with Crippen molar-refractivity contribution in [2.45, 2.75) is 13.5 Å². The van der Waals surface area contributed by atoms with Crippen molar-refractivity contribution in [3.63, 3.8) is 0 Å². The summed E-state index contributed by atoms with van der Waals surface area (Å²) < 4.78 is 14.4. The zero-order valence-corrected chi connectivity index (χ0v) is 13.3. The van der Waals surface area contributed by atoms with Gasteiger partial charge in [-0.25, -0.2) is 4.39 Å². The summed E-state index contributed by atoms with van der Waals surface area (Å²) in [5, 5.41) is 1.12. The number of hydrogen-bond donors (Lipinski definition) is 0. The minimum Gasteiger partial charge on any atom is -0.337 e. The molecule has 22 heavy (non-hydrogen) atoms. The highest BCUT2D eigenvalue weighted by molar-refractivity contribution is 7.21. The van der Waals surface area contributed by atoms with Crippen molar-refractivity contribution in [2.24, 2.45) is 0 Å². The van der Waals surface area contributed by atoms with Crippen LogP contribution in [0.4, 0.5) is 4.39 Å². The zero-order chi connectivity index (χ0) is 15.7. The van der Waals surface area contributed by atoms with Gasteiger partial charge in [-0.05, 0) is 41.6 Å². The number of aryl methyl sites for hydroxylation is 1. The van der Waals surface area contributed by atoms with Crippen LogP contribution in [0.3, 0.4) is 0 Å². The molecule has 1 aromatic heterocycles. The molecule has 4 heteroatoms. The molecular weight excluding hydrogens is 297 g/mol. The molecule has 0 fully saturated rings. The molecule has 0 spiro atoms. The van der Waals surface area contributed by atoms with Crippen LogP contribution >= 0.6 is 11.3 Å². The molecule has 2 aromatic carbocycles. The van der Waals surface area contributed by atoms with Gasteiger partial charge in [-0.1, -0.05) is 30.3 Å². The minimum atomic E-state index is -0.281. The Balaban J connectivity index is 1.87. The summed E-state index contributed by atoms with van der Waals surface area (Å²) in [5.74, 6) is -0.306. The molecule has 1 heterocycles. The predicted octanol–water partition coefficient (Wildman–Crippen LogP) is 4.62. The van der Waals surface area contributed by atoms with E-state index in [-0.39, 0.29) is 11.7 Å². The second-order valence-corrected chi connectivity index (χ2v) is 6.40. The van der Waals surface area contributed by atoms with Crippen molar-refractivity contribution in [2.75, 3.05) is 7.05 Å². The van der Waals surface area contributed by atoms with Gasteiger partial charge in [-0.3, -0.25) is 4.79 Å². The standard InChI is InChI=1S/C18H16FNOS/c1-12-15-8-3-4-9-16(15)22-17(12)18(21)20(2)11-13-6-5-7-14(19)10-13/h3-10H,11H2,1-2H3. The molecule has 0 atom stereocenters. The normalized spacial score (nSPS) is 10.9. The molecule has 2 nitrogen and oxygen atoms in total. The molecule has 0 aliphatic heterocycles. The highest BCUT2D eigenvalue weighted by atomic mass is 32.1. The maximum atomic E-state index is 13.2. The quantitative estimate of drug-likeness (QED) is 0.691. The van der Waals surface area contributed by atoms with E-state index in [9.17, 15) is 9.18 Å². The van der Waals surface area contributed by atoms with Gasteiger partial charge in [-0.15, -0.1) is 11.3 Å². The molecule has 0 aliphatic carbocycles. The van der Waals surface area contributed by atoms with Gasteiger partial charge in [0.1, 0.15) is 5.82 Å². The van der Waals surface area contributed by atoms with Gasteiger partial charge in [0, 0.05) is 18.3 Å². The average molecular weight is 313 g/mol. The minimum absolute atomic E-state index is 0.0250. The van der Waals surface area contributed by atoms with Crippen LogP contribution < -0.4 is 0 Å². The van der Waals surface area contributed by atoms with Crippen molar-refractivity contribution in [1.82, 2.24) is 4.90 Å². The summed E-state index contributed by atoms with van der Waals surface area (Å²) in [5.41, 5.74) is 1.80. The fourth-order valence-electron chi connectivity index (χ4n) is 2.53. The van der Waals surface area contributed by atoms with Crippen molar-refractivity contribution in [1.29, 1.82) is 0 Å². The summed E-state index contributed by atoms with van der Waals surface area (Å²) in [6.45, 7) is 2.37. The third-order valence-corrected chi connectivity index (χ3v) is 4.95. The molecule has 0 aliphatic rings. The Labute approximate surface area is 132 Å². The first-order chi connectivity index (χ1) is 10.6. The number of hydrogen-bond acceptors (Lipinski definition) is 2. The Kier molecular flexibility index (Phi) is 3.94. The number of amides is 1. The lowest BCUT2D eigenvalue weighted by molar-refractivity contribution is 0.0789. The Morgan fingerprint density at radius 1 is 1.18 bits per heavy atom. The fraction of sp³-hybridized carbons (Fsp3) is 0.167. The van der Waals surface area contributed by atoms with Crippen molar-refractivity contribution in [3.05, 3.63) is 70.4 Å². The first-order valence-corrected chi connectivity index (χ1v) is 7.86. The maximum absolute atomic E-state index is 13.2. The molecule has 112 valence electrons. The van der Waals surface area contributed by atoms with E-state index in [1.807, 2.05) is 37.3 Å². The van der Waals surface area contributed by atoms with Crippen LogP contribution in [0.1, 0.15) is 20.8 Å². The van der Waals surface area contributed by atoms with Gasteiger partial charge in [0.15, 0.2) is 0 Å². The molecule has 3 rings (SSSR count). The smallest absolute Gasteiger partial charge is 0.264 e. The third-order valence-electron chi connectivity index (χ3n) is 3.69. The van der Waals surface area contributed by atoms with Crippen LogP contribution in [0, 0.1) is 12.7 Å². The van der Waals surface area contributed by atoms with Gasteiger partial charge in [-0.2, -0.15) is 0 Å². The molecule has 0 saturated heterocycles. The fourth-order valence-corrected chi connectivity index (χ4v) is 3.74. The second kappa shape index (κ2) is 5.89. The molecule has 0 radical (unpaired) electrons. The van der Waals surface area contributed by atoms with Crippen LogP contribution in [-0.4, -0.2) is 17.9 Å². The summed E-state index contributed by atoms with van der Waals surface area (Å²) in [7, 11) is 1.75. The summed E-state index contributed by atoms with van der Waals surface area (Å²) in [4.78, 5) is 15.0. The van der Waals surface area contributed by atoms with Crippen LogP contribution in [0.5, 0.6) is 0 Å². The number of thiophene rings is 1. The first-order valence-electron chi connectivity index (χ1n) is 7.04. The van der Waals surface area contributed by atoms with Crippen LogP contribution in [0.2, 0.25) is 0 Å². The lowest BCUT2D eigenvalue weighted by Crippen LogP contribution is -2.26. The molecule has 1 amide bonds. The van der Waals surface area contributed by atoms with Crippen molar-refractivity contribution in [3.8, 4) is 0 Å². The molecule has 0 unspecified atom stereocenters. The number of carbonyl (C=O) groups is 1. The summed E-state index contributed by atoms with van der Waals surface area (Å²) >= 11 is 1.51. The number of carbonyl (C=O) groups excluding carboxylic acids is 1. The number of fused-ring (bicyclic) bond motifs is 1. The summed E-state index contributed by atoms with van der Waals surface area (Å²) in [6, 6.07) is 14.4. The Morgan fingerprint density at radius 3 is 2.68 bits per heavy atom. The molecular formula is C18H16FNOS. The Morgan fingerprint density at radius 2 is 1.95 bits per heavy atom. The molecule has 0 bridgehead atoms. The van der Waals surface area contributed by atoms with Gasteiger partial charge >= 0.3 is 0 Å². The number of rotatable bonds is 3. The van der Waals surface area contributed by atoms with E-state index < -0.39 is 0 Å². The number of halogens is 1. The SMILES string of the molecule is Cc1c(C(=O)N(C)Cc2cccc(F)c2)sc2ccccc12. The van der Waals surface area contributed by atoms with E-state index in [1.54, 1.807) is 18.0 Å². The van der Waals surface area contributed by atoms with E-state index in [0.29, 0.717) is 6.54 Å². The highest BCUT2D eigenvalue weighted by Crippen LogP contribution is 2.31. The van der Waals surface area contributed by atoms with Gasteiger partial charge in [0.05, 0.1) is 4.88 Å². The monoisotopic (exact) mass is 313 g/mol. The van der Waals surface area contributed by atoms with Gasteiger partial charge in [0.25, 0.3) is 5.91 Å². The number of benzene rings is 2. The van der Waals surface area contributed by atoms with Crippen LogP contribution in [0.25, 0.3) is 10.1 Å². The van der Waals surface area contributed by atoms with E-state index in [2.05, 4.69) is 0 Å². The van der Waals surface area contributed by atoms with Gasteiger partial charge in [0.2, 0.25) is 0 Å². The van der Waals surface area contributed by atoms with E-state index >= 15 is 0 Å². The lowest BCUT2D eigenvalue weighted by atomic mass is 10.1. The maximum Gasteiger partial charge on any atom is 0.264 e. The highest BCUT2D eigenvalue weighted by Gasteiger charge is 2.19. The van der Waals surface area contributed by atoms with Crippen molar-refractivity contribution < 1.29 is 9.18 Å². The van der Waals surface area contributed by atoms with E-state index in [0.717, 1.165) is 26.1 Å². The van der Waals surface area contributed by atoms with Crippen LogP contribution in [0.15, 0.2) is 48.5 Å². The average Bonchev–Trinajstić information content (AvgIpc) is 2.84. The van der Waals surface area contributed by atoms with Crippen molar-refractivity contribution >= 4 is 27.3 Å². The first kappa shape index (κ1) is 14.7. The summed E-state index contributed by atoms with van der Waals surface area (Å²) in [6.07, 6.45) is 0. The second-order valence-electron chi connectivity index (χ2n) is 5.34. The molecule has 0 saturated carbocycles. The van der Waals surface area contributed by atoms with E-state index in [4.69, 9.17) is 0 Å². The molecule has 0 N–H and O–H groups in total. The third kappa shape index (κ3) is 2.74. The topological polar surface area (TPSA) is 20.3 Å². The number of nitrogens with zero attached hydrogens (tertiary/aromatic N) is 1. The Hall–Kier alpha value is -2.20. The lowest BCUT2D eigenvalue weighted by Gasteiger charge is -2.17.